The van der Waals surface area contributed by atoms with Crippen molar-refractivity contribution in [2.45, 2.75) is 77.7 Å². The average Bonchev–Trinajstić information content (AvgIpc) is 2.59. The fraction of sp³-hybridized carbons (Fsp3) is 0.889. The largest absolute Gasteiger partial charge is 0.396 e. The predicted molar refractivity (Wildman–Crippen MR) is 92.0 cm³/mol. The van der Waals surface area contributed by atoms with Gasteiger partial charge in [0.1, 0.15) is 6.04 Å². The van der Waals surface area contributed by atoms with Gasteiger partial charge >= 0.3 is 0 Å². The second-order valence-electron chi connectivity index (χ2n) is 6.64. The van der Waals surface area contributed by atoms with Gasteiger partial charge in [-0.3, -0.25) is 9.59 Å². The lowest BCUT2D eigenvalue weighted by atomic mass is 9.97. The summed E-state index contributed by atoms with van der Waals surface area (Å²) >= 11 is 0. The Hall–Kier alpha value is -1.10. The molecule has 23 heavy (non-hydrogen) atoms. The van der Waals surface area contributed by atoms with Gasteiger partial charge in [0.25, 0.3) is 0 Å². The molecule has 0 spiro atoms. The van der Waals surface area contributed by atoms with Gasteiger partial charge < -0.3 is 15.3 Å². The molecule has 0 aromatic heterocycles. The van der Waals surface area contributed by atoms with Gasteiger partial charge in [-0.05, 0) is 31.6 Å². The highest BCUT2D eigenvalue weighted by atomic mass is 16.3. The highest BCUT2D eigenvalue weighted by Gasteiger charge is 2.27. The summed E-state index contributed by atoms with van der Waals surface area (Å²) in [5, 5.41) is 12.1. The van der Waals surface area contributed by atoms with E-state index in [0.29, 0.717) is 31.8 Å². The normalized spacial score (nSPS) is 17.1. The van der Waals surface area contributed by atoms with Gasteiger partial charge in [0, 0.05) is 26.1 Å². The summed E-state index contributed by atoms with van der Waals surface area (Å²) in [6, 6.07) is -0.399. The number of unbranched alkanes of at least 4 members (excludes halogenated alkanes) is 4. The molecular weight excluding hydrogens is 292 g/mol. The minimum absolute atomic E-state index is 0.00746. The fourth-order valence-corrected chi connectivity index (χ4v) is 3.05. The smallest absolute Gasteiger partial charge is 0.245 e. The number of aliphatic hydroxyl groups is 1. The van der Waals surface area contributed by atoms with Crippen LogP contribution in [0.4, 0.5) is 0 Å². The third-order valence-corrected chi connectivity index (χ3v) is 4.73. The van der Waals surface area contributed by atoms with Crippen LogP contribution in [-0.4, -0.2) is 47.6 Å². The Morgan fingerprint density at radius 2 is 1.78 bits per heavy atom. The van der Waals surface area contributed by atoms with Crippen molar-refractivity contribution in [1.82, 2.24) is 10.2 Å². The first-order valence-corrected chi connectivity index (χ1v) is 9.31. The lowest BCUT2D eigenvalue weighted by Crippen LogP contribution is -2.50. The monoisotopic (exact) mass is 326 g/mol. The van der Waals surface area contributed by atoms with Crippen LogP contribution in [0.1, 0.15) is 71.6 Å². The number of piperidine rings is 1. The predicted octanol–water partition coefficient (Wildman–Crippen LogP) is 2.47. The molecule has 2 amide bonds. The van der Waals surface area contributed by atoms with Gasteiger partial charge in [-0.25, -0.2) is 0 Å². The molecule has 1 aliphatic rings. The molecule has 5 nitrogen and oxygen atoms in total. The van der Waals surface area contributed by atoms with E-state index in [2.05, 4.69) is 12.2 Å². The Labute approximate surface area is 140 Å². The number of nitrogens with one attached hydrogen (secondary N) is 1. The topological polar surface area (TPSA) is 69.6 Å². The van der Waals surface area contributed by atoms with Crippen LogP contribution >= 0.6 is 0 Å². The lowest BCUT2D eigenvalue weighted by molar-refractivity contribution is -0.138. The molecule has 1 saturated heterocycles. The van der Waals surface area contributed by atoms with E-state index in [1.807, 2.05) is 11.8 Å². The summed E-state index contributed by atoms with van der Waals surface area (Å²) in [6.45, 7) is 5.69. The van der Waals surface area contributed by atoms with Gasteiger partial charge in [-0.15, -0.1) is 0 Å². The number of likely N-dealkylation sites (tertiary alicyclic amines) is 1. The van der Waals surface area contributed by atoms with Gasteiger partial charge in [0.05, 0.1) is 0 Å². The van der Waals surface area contributed by atoms with E-state index in [1.165, 1.54) is 19.3 Å². The second-order valence-corrected chi connectivity index (χ2v) is 6.64. The molecule has 0 saturated carbocycles. The summed E-state index contributed by atoms with van der Waals surface area (Å²) in [6.07, 6.45) is 8.43. The molecule has 134 valence electrons. The van der Waals surface area contributed by atoms with E-state index in [0.717, 1.165) is 25.7 Å². The molecule has 5 heteroatoms. The number of hydrogen-bond acceptors (Lipinski definition) is 3. The van der Waals surface area contributed by atoms with Gasteiger partial charge in [0.2, 0.25) is 11.8 Å². The van der Waals surface area contributed by atoms with Crippen molar-refractivity contribution in [3.8, 4) is 0 Å². The standard InChI is InChI=1S/C18H34N2O3/c1-3-5-6-7-8-9-17(22)19-16(4-2)18(23)20-12-10-15(14-21)11-13-20/h15-16,21H,3-14H2,1-2H3,(H,19,22). The summed E-state index contributed by atoms with van der Waals surface area (Å²) in [7, 11) is 0. The molecule has 1 aliphatic heterocycles. The molecule has 2 N–H and O–H groups in total. The number of hydrogen-bond donors (Lipinski definition) is 2. The number of amides is 2. The molecular formula is C18H34N2O3. The van der Waals surface area contributed by atoms with Crippen LogP contribution in [0.15, 0.2) is 0 Å². The molecule has 1 rings (SSSR count). The molecule has 0 aromatic rings. The highest BCUT2D eigenvalue weighted by molar-refractivity contribution is 5.87. The van der Waals surface area contributed by atoms with Crippen LogP contribution in [-0.2, 0) is 9.59 Å². The number of carbonyl (C=O) groups is 2. The number of carbonyl (C=O) groups excluding carboxylic acids is 2. The van der Waals surface area contributed by atoms with E-state index in [9.17, 15) is 9.59 Å². The van der Waals surface area contributed by atoms with Gasteiger partial charge in [-0.1, -0.05) is 39.5 Å². The average molecular weight is 326 g/mol. The Balaban J connectivity index is 2.31. The van der Waals surface area contributed by atoms with Crippen molar-refractivity contribution >= 4 is 11.8 Å². The molecule has 1 fully saturated rings. The minimum atomic E-state index is -0.399. The van der Waals surface area contributed by atoms with Crippen molar-refractivity contribution in [2.75, 3.05) is 19.7 Å². The van der Waals surface area contributed by atoms with Crippen molar-refractivity contribution < 1.29 is 14.7 Å². The molecule has 1 heterocycles. The van der Waals surface area contributed by atoms with Crippen molar-refractivity contribution in [3.63, 3.8) is 0 Å². The van der Waals surface area contributed by atoms with E-state index >= 15 is 0 Å². The maximum atomic E-state index is 12.5. The molecule has 1 atom stereocenters. The van der Waals surface area contributed by atoms with Crippen LogP contribution in [0.2, 0.25) is 0 Å². The number of nitrogens with zero attached hydrogens (tertiary/aromatic N) is 1. The summed E-state index contributed by atoms with van der Waals surface area (Å²) in [5.74, 6) is 0.340. The van der Waals surface area contributed by atoms with Crippen molar-refractivity contribution in [3.05, 3.63) is 0 Å². The molecule has 1 unspecified atom stereocenters. The molecule has 0 aliphatic carbocycles. The molecule has 0 aromatic carbocycles. The zero-order valence-corrected chi connectivity index (χ0v) is 14.9. The van der Waals surface area contributed by atoms with Crippen LogP contribution < -0.4 is 5.32 Å². The van der Waals surface area contributed by atoms with E-state index in [-0.39, 0.29) is 18.4 Å². The highest BCUT2D eigenvalue weighted by Crippen LogP contribution is 2.17. The SMILES string of the molecule is CCCCCCCC(=O)NC(CC)C(=O)N1CCC(CO)CC1. The maximum absolute atomic E-state index is 12.5. The minimum Gasteiger partial charge on any atom is -0.396 e. The lowest BCUT2D eigenvalue weighted by Gasteiger charge is -2.33. The quantitative estimate of drug-likeness (QED) is 0.606. The third kappa shape index (κ3) is 7.34. The van der Waals surface area contributed by atoms with Crippen molar-refractivity contribution in [1.29, 1.82) is 0 Å². The van der Waals surface area contributed by atoms with Crippen LogP contribution in [0.25, 0.3) is 0 Å². The number of aliphatic hydroxyl groups excluding tert-OH is 1. The molecule has 0 bridgehead atoms. The Bertz CT molecular complexity index is 352. The third-order valence-electron chi connectivity index (χ3n) is 4.73. The fourth-order valence-electron chi connectivity index (χ4n) is 3.05. The summed E-state index contributed by atoms with van der Waals surface area (Å²) < 4.78 is 0. The Morgan fingerprint density at radius 3 is 2.35 bits per heavy atom. The van der Waals surface area contributed by atoms with Gasteiger partial charge in [-0.2, -0.15) is 0 Å². The first-order valence-electron chi connectivity index (χ1n) is 9.31. The van der Waals surface area contributed by atoms with Crippen LogP contribution in [0.3, 0.4) is 0 Å². The van der Waals surface area contributed by atoms with E-state index in [4.69, 9.17) is 5.11 Å². The first kappa shape index (κ1) is 19.9. The first-order chi connectivity index (χ1) is 11.1. The molecule has 0 radical (unpaired) electrons. The van der Waals surface area contributed by atoms with Crippen LogP contribution in [0, 0.1) is 5.92 Å². The second kappa shape index (κ2) is 11.4. The number of rotatable bonds is 10. The van der Waals surface area contributed by atoms with Crippen LogP contribution in [0.5, 0.6) is 0 Å². The summed E-state index contributed by atoms with van der Waals surface area (Å²) in [4.78, 5) is 26.4. The van der Waals surface area contributed by atoms with E-state index < -0.39 is 6.04 Å². The Morgan fingerprint density at radius 1 is 1.13 bits per heavy atom. The van der Waals surface area contributed by atoms with Crippen molar-refractivity contribution in [2.24, 2.45) is 5.92 Å². The Kier molecular flexibility index (Phi) is 9.92. The van der Waals surface area contributed by atoms with E-state index in [1.54, 1.807) is 0 Å². The zero-order valence-electron chi connectivity index (χ0n) is 14.9. The zero-order chi connectivity index (χ0) is 17.1. The van der Waals surface area contributed by atoms with Gasteiger partial charge in [0.15, 0.2) is 0 Å². The summed E-state index contributed by atoms with van der Waals surface area (Å²) in [5.41, 5.74) is 0. The maximum Gasteiger partial charge on any atom is 0.245 e.